The monoisotopic (exact) mass is 432 g/mol. The molecule has 0 aliphatic carbocycles. The Kier molecular flexibility index (Phi) is 5.13. The van der Waals surface area contributed by atoms with Gasteiger partial charge in [0.1, 0.15) is 16.0 Å². The van der Waals surface area contributed by atoms with Crippen molar-refractivity contribution >= 4 is 15.9 Å². The maximum Gasteiger partial charge on any atom is 0.351 e. The van der Waals surface area contributed by atoms with Crippen LogP contribution in [0.15, 0.2) is 98.6 Å². The molecule has 0 unspecified atom stereocenters. The van der Waals surface area contributed by atoms with Crippen molar-refractivity contribution < 1.29 is 9.15 Å². The van der Waals surface area contributed by atoms with Crippen LogP contribution in [0.1, 0.15) is 0 Å². The highest BCUT2D eigenvalue weighted by Crippen LogP contribution is 2.42. The van der Waals surface area contributed by atoms with E-state index in [1.54, 1.807) is 7.11 Å². The Balaban J connectivity index is 2.09. The summed E-state index contributed by atoms with van der Waals surface area (Å²) >= 11 is 3.47. The molecule has 138 valence electrons. The van der Waals surface area contributed by atoms with Crippen molar-refractivity contribution in [2.24, 2.45) is 0 Å². The van der Waals surface area contributed by atoms with E-state index >= 15 is 0 Å². The third-order valence-corrected chi connectivity index (χ3v) is 5.27. The predicted molar refractivity (Wildman–Crippen MR) is 116 cm³/mol. The largest absolute Gasteiger partial charge is 0.497 e. The third kappa shape index (κ3) is 3.39. The van der Waals surface area contributed by atoms with Crippen LogP contribution in [-0.2, 0) is 0 Å². The smallest absolute Gasteiger partial charge is 0.351 e. The summed E-state index contributed by atoms with van der Waals surface area (Å²) in [6.45, 7) is 0. The highest BCUT2D eigenvalue weighted by Gasteiger charge is 2.22. The van der Waals surface area contributed by atoms with Crippen molar-refractivity contribution in [3.05, 3.63) is 99.8 Å². The van der Waals surface area contributed by atoms with Gasteiger partial charge in [-0.3, -0.25) is 0 Å². The van der Waals surface area contributed by atoms with Gasteiger partial charge in [-0.2, -0.15) is 0 Å². The number of ether oxygens (including phenoxy) is 1. The van der Waals surface area contributed by atoms with E-state index in [9.17, 15) is 4.79 Å². The van der Waals surface area contributed by atoms with E-state index in [1.807, 2.05) is 84.9 Å². The van der Waals surface area contributed by atoms with Crippen molar-refractivity contribution in [3.8, 4) is 39.3 Å². The highest BCUT2D eigenvalue weighted by molar-refractivity contribution is 9.10. The lowest BCUT2D eigenvalue weighted by molar-refractivity contribution is 0.415. The molecule has 0 N–H and O–H groups in total. The van der Waals surface area contributed by atoms with Gasteiger partial charge < -0.3 is 9.15 Å². The molecule has 1 heterocycles. The Morgan fingerprint density at radius 1 is 0.714 bits per heavy atom. The summed E-state index contributed by atoms with van der Waals surface area (Å²) < 4.78 is 11.4. The van der Waals surface area contributed by atoms with Gasteiger partial charge in [0.05, 0.1) is 7.11 Å². The van der Waals surface area contributed by atoms with Gasteiger partial charge in [-0.25, -0.2) is 4.79 Å². The lowest BCUT2D eigenvalue weighted by atomic mass is 9.92. The summed E-state index contributed by atoms with van der Waals surface area (Å²) in [6, 6.07) is 27.3. The van der Waals surface area contributed by atoms with Crippen LogP contribution < -0.4 is 10.4 Å². The second kappa shape index (κ2) is 7.87. The zero-order chi connectivity index (χ0) is 19.5. The first-order valence-electron chi connectivity index (χ1n) is 8.81. The Morgan fingerprint density at radius 2 is 1.25 bits per heavy atom. The van der Waals surface area contributed by atoms with E-state index in [1.165, 1.54) is 0 Å². The zero-order valence-electron chi connectivity index (χ0n) is 15.2. The van der Waals surface area contributed by atoms with Gasteiger partial charge in [0.15, 0.2) is 0 Å². The molecule has 3 aromatic carbocycles. The molecule has 3 nitrogen and oxygen atoms in total. The molecular formula is C24H17BrO3. The quantitative estimate of drug-likeness (QED) is 0.373. The number of halogens is 1. The van der Waals surface area contributed by atoms with Crippen LogP contribution in [0.25, 0.3) is 33.6 Å². The molecule has 0 amide bonds. The molecule has 1 aromatic heterocycles. The van der Waals surface area contributed by atoms with Crippen LogP contribution in [0.5, 0.6) is 5.75 Å². The maximum absolute atomic E-state index is 12.7. The topological polar surface area (TPSA) is 39.4 Å². The molecule has 0 atom stereocenters. The fraction of sp³-hybridized carbons (Fsp3) is 0.0417. The first kappa shape index (κ1) is 18.3. The Labute approximate surface area is 171 Å². The van der Waals surface area contributed by atoms with Gasteiger partial charge in [0.2, 0.25) is 0 Å². The van der Waals surface area contributed by atoms with Gasteiger partial charge >= 0.3 is 5.63 Å². The van der Waals surface area contributed by atoms with Crippen LogP contribution in [0.4, 0.5) is 0 Å². The number of benzene rings is 3. The first-order chi connectivity index (χ1) is 13.7. The summed E-state index contributed by atoms with van der Waals surface area (Å²) in [6.07, 6.45) is 0. The molecule has 4 heteroatoms. The SMILES string of the molecule is COc1ccc(-c2c(-c3ccccc3)c(-c3ccccc3)oc(=O)c2Br)cc1. The van der Waals surface area contributed by atoms with Crippen molar-refractivity contribution in [2.45, 2.75) is 0 Å². The Bertz CT molecular complexity index is 1150. The van der Waals surface area contributed by atoms with Crippen molar-refractivity contribution in [2.75, 3.05) is 7.11 Å². The number of hydrogen-bond donors (Lipinski definition) is 0. The molecule has 4 rings (SSSR count). The molecule has 28 heavy (non-hydrogen) atoms. The van der Waals surface area contributed by atoms with Crippen LogP contribution in [0, 0.1) is 0 Å². The summed E-state index contributed by atoms with van der Waals surface area (Å²) in [5.41, 5.74) is 3.96. The highest BCUT2D eigenvalue weighted by atomic mass is 79.9. The second-order valence-corrected chi connectivity index (χ2v) is 7.04. The lowest BCUT2D eigenvalue weighted by Crippen LogP contribution is -2.06. The summed E-state index contributed by atoms with van der Waals surface area (Å²) in [7, 11) is 1.63. The van der Waals surface area contributed by atoms with Gasteiger partial charge in [-0.15, -0.1) is 0 Å². The van der Waals surface area contributed by atoms with E-state index < -0.39 is 5.63 Å². The van der Waals surface area contributed by atoms with Crippen LogP contribution in [0.2, 0.25) is 0 Å². The molecule has 0 aliphatic heterocycles. The van der Waals surface area contributed by atoms with Gasteiger partial charge in [-0.1, -0.05) is 72.8 Å². The molecule has 0 bridgehead atoms. The maximum atomic E-state index is 12.7. The standard InChI is InChI=1S/C24H17BrO3/c1-27-19-14-12-17(13-15-19)20-21(16-8-4-2-5-9-16)23(28-24(26)22(20)25)18-10-6-3-7-11-18/h2-15H,1H3. The van der Waals surface area contributed by atoms with E-state index in [-0.39, 0.29) is 0 Å². The molecule has 0 aliphatic rings. The third-order valence-electron chi connectivity index (χ3n) is 4.55. The van der Waals surface area contributed by atoms with Gasteiger partial charge in [0.25, 0.3) is 0 Å². The summed E-state index contributed by atoms with van der Waals surface area (Å²) in [4.78, 5) is 12.7. The van der Waals surface area contributed by atoms with Crippen LogP contribution >= 0.6 is 15.9 Å². The van der Waals surface area contributed by atoms with E-state index in [4.69, 9.17) is 9.15 Å². The predicted octanol–water partition coefficient (Wildman–Crippen LogP) is 6.41. The molecule has 0 saturated heterocycles. The summed E-state index contributed by atoms with van der Waals surface area (Å²) in [5.74, 6) is 1.30. The Hall–Kier alpha value is -3.11. The molecule has 0 saturated carbocycles. The van der Waals surface area contributed by atoms with Crippen LogP contribution in [-0.4, -0.2) is 7.11 Å². The Morgan fingerprint density at radius 3 is 1.82 bits per heavy atom. The molecule has 0 radical (unpaired) electrons. The van der Waals surface area contributed by atoms with E-state index in [2.05, 4.69) is 15.9 Å². The van der Waals surface area contributed by atoms with Crippen LogP contribution in [0.3, 0.4) is 0 Å². The van der Waals surface area contributed by atoms with E-state index in [0.29, 0.717) is 10.2 Å². The van der Waals surface area contributed by atoms with Crippen molar-refractivity contribution in [1.82, 2.24) is 0 Å². The number of rotatable bonds is 4. The molecular weight excluding hydrogens is 416 g/mol. The van der Waals surface area contributed by atoms with Crippen molar-refractivity contribution in [3.63, 3.8) is 0 Å². The van der Waals surface area contributed by atoms with Gasteiger partial charge in [0, 0.05) is 16.7 Å². The lowest BCUT2D eigenvalue weighted by Gasteiger charge is -2.16. The molecule has 0 spiro atoms. The normalized spacial score (nSPS) is 10.6. The van der Waals surface area contributed by atoms with E-state index in [0.717, 1.165) is 33.6 Å². The fourth-order valence-corrected chi connectivity index (χ4v) is 3.72. The minimum absolute atomic E-state index is 0.399. The fourth-order valence-electron chi connectivity index (χ4n) is 3.22. The number of methoxy groups -OCH3 is 1. The van der Waals surface area contributed by atoms with Crippen molar-refractivity contribution in [1.29, 1.82) is 0 Å². The second-order valence-electron chi connectivity index (χ2n) is 6.24. The first-order valence-corrected chi connectivity index (χ1v) is 9.60. The molecule has 0 fully saturated rings. The molecule has 4 aromatic rings. The minimum atomic E-state index is -0.413. The van der Waals surface area contributed by atoms with Gasteiger partial charge in [-0.05, 0) is 39.2 Å². The number of hydrogen-bond acceptors (Lipinski definition) is 3. The summed E-state index contributed by atoms with van der Waals surface area (Å²) in [5, 5.41) is 0. The average Bonchev–Trinajstić information content (AvgIpc) is 2.76. The zero-order valence-corrected chi connectivity index (χ0v) is 16.8. The average molecular weight is 433 g/mol. The minimum Gasteiger partial charge on any atom is -0.497 e.